The monoisotopic (exact) mass is 490 g/mol. The number of nitrogens with one attached hydrogen (secondary N) is 2. The summed E-state index contributed by atoms with van der Waals surface area (Å²) in [5.41, 5.74) is 4.99. The second-order valence-electron chi connectivity index (χ2n) is 8.74. The van der Waals surface area contributed by atoms with Gasteiger partial charge in [-0.2, -0.15) is 0 Å². The fourth-order valence-corrected chi connectivity index (χ4v) is 4.87. The van der Waals surface area contributed by atoms with Crippen LogP contribution in [0.4, 0.5) is 10.8 Å². The molecule has 7 nitrogen and oxygen atoms in total. The van der Waals surface area contributed by atoms with Crippen LogP contribution in [0.3, 0.4) is 0 Å². The van der Waals surface area contributed by atoms with Crippen molar-refractivity contribution < 1.29 is 14.4 Å². The van der Waals surface area contributed by atoms with E-state index in [0.29, 0.717) is 18.2 Å². The van der Waals surface area contributed by atoms with Crippen LogP contribution in [-0.4, -0.2) is 35.8 Å². The van der Waals surface area contributed by atoms with E-state index in [4.69, 9.17) is 0 Å². The molecule has 182 valence electrons. The summed E-state index contributed by atoms with van der Waals surface area (Å²) in [7, 11) is 0. The number of amides is 3. The molecule has 0 radical (unpaired) electrons. The summed E-state index contributed by atoms with van der Waals surface area (Å²) in [4.78, 5) is 42.7. The van der Waals surface area contributed by atoms with Gasteiger partial charge in [-0.15, -0.1) is 11.3 Å². The lowest BCUT2D eigenvalue weighted by Gasteiger charge is -2.17. The molecule has 1 aliphatic rings. The van der Waals surface area contributed by atoms with Gasteiger partial charge >= 0.3 is 0 Å². The van der Waals surface area contributed by atoms with E-state index in [9.17, 15) is 14.4 Å². The first-order valence-electron chi connectivity index (χ1n) is 11.9. The molecule has 0 aliphatic carbocycles. The first-order valence-corrected chi connectivity index (χ1v) is 12.8. The standard InChI is InChI=1S/C27H30N4O3S/c1-3-19-6-4-8-23(14-19)31-16-22(15-25(31)33)26(34)30-27-29-24(17-35-27)21-11-9-20(10-12-21)7-5-13-28-18(2)32/h4,6,8-12,14,17,22H,3,5,7,13,15-16H2,1-2H3,(H,28,32)(H,29,30,34). The number of thiazole rings is 1. The van der Waals surface area contributed by atoms with Gasteiger partial charge in [0.1, 0.15) is 0 Å². The second kappa shape index (κ2) is 11.3. The Labute approximate surface area is 209 Å². The molecule has 0 saturated carbocycles. The molecule has 0 spiro atoms. The lowest BCUT2D eigenvalue weighted by atomic mass is 10.1. The average Bonchev–Trinajstić information content (AvgIpc) is 3.49. The van der Waals surface area contributed by atoms with Crippen LogP contribution < -0.4 is 15.5 Å². The number of carbonyl (C=O) groups is 3. The maximum Gasteiger partial charge on any atom is 0.231 e. The van der Waals surface area contributed by atoms with Gasteiger partial charge in [-0.25, -0.2) is 4.98 Å². The van der Waals surface area contributed by atoms with E-state index in [1.54, 1.807) is 4.90 Å². The number of hydrogen-bond acceptors (Lipinski definition) is 5. The zero-order valence-corrected chi connectivity index (χ0v) is 20.9. The number of anilines is 2. The topological polar surface area (TPSA) is 91.4 Å². The zero-order valence-electron chi connectivity index (χ0n) is 20.0. The van der Waals surface area contributed by atoms with E-state index in [-0.39, 0.29) is 24.1 Å². The minimum absolute atomic E-state index is 0.00890. The second-order valence-corrected chi connectivity index (χ2v) is 9.60. The third kappa shape index (κ3) is 6.33. The first kappa shape index (κ1) is 24.6. The first-order chi connectivity index (χ1) is 16.9. The van der Waals surface area contributed by atoms with Gasteiger partial charge in [-0.3, -0.25) is 14.4 Å². The number of aryl methyl sites for hydroxylation is 2. The van der Waals surface area contributed by atoms with Crippen molar-refractivity contribution in [3.8, 4) is 11.3 Å². The molecule has 1 aliphatic heterocycles. The van der Waals surface area contributed by atoms with E-state index < -0.39 is 5.92 Å². The van der Waals surface area contributed by atoms with E-state index >= 15 is 0 Å². The minimum atomic E-state index is -0.406. The predicted octanol–water partition coefficient (Wildman–Crippen LogP) is 4.43. The molecule has 8 heteroatoms. The molecular formula is C27H30N4O3S. The van der Waals surface area contributed by atoms with Gasteiger partial charge in [0.05, 0.1) is 11.6 Å². The Morgan fingerprint density at radius 1 is 1.14 bits per heavy atom. The number of carbonyl (C=O) groups excluding carboxylic acids is 3. The Morgan fingerprint density at radius 2 is 1.94 bits per heavy atom. The minimum Gasteiger partial charge on any atom is -0.356 e. The summed E-state index contributed by atoms with van der Waals surface area (Å²) in [6.45, 7) is 4.64. The summed E-state index contributed by atoms with van der Waals surface area (Å²) in [6.07, 6.45) is 2.87. The molecule has 1 fully saturated rings. The fourth-order valence-electron chi connectivity index (χ4n) is 4.15. The van der Waals surface area contributed by atoms with E-state index in [1.807, 2.05) is 41.8 Å². The van der Waals surface area contributed by atoms with Gasteiger partial charge in [-0.05, 0) is 42.5 Å². The summed E-state index contributed by atoms with van der Waals surface area (Å²) in [6, 6.07) is 16.1. The normalized spacial score (nSPS) is 15.3. The van der Waals surface area contributed by atoms with Crippen LogP contribution in [0.2, 0.25) is 0 Å². The molecule has 2 N–H and O–H groups in total. The van der Waals surface area contributed by atoms with E-state index in [1.165, 1.54) is 23.8 Å². The van der Waals surface area contributed by atoms with Gasteiger partial charge < -0.3 is 15.5 Å². The lowest BCUT2D eigenvalue weighted by Crippen LogP contribution is -2.28. The van der Waals surface area contributed by atoms with E-state index in [0.717, 1.165) is 41.8 Å². The summed E-state index contributed by atoms with van der Waals surface area (Å²) in [5.74, 6) is -0.624. The lowest BCUT2D eigenvalue weighted by molar-refractivity contribution is -0.122. The molecule has 0 bridgehead atoms. The van der Waals surface area contributed by atoms with Gasteiger partial charge in [0.15, 0.2) is 5.13 Å². The Hall–Kier alpha value is -3.52. The zero-order chi connectivity index (χ0) is 24.8. The number of benzene rings is 2. The summed E-state index contributed by atoms with van der Waals surface area (Å²) in [5, 5.41) is 8.16. The fraction of sp³-hybridized carbons (Fsp3) is 0.333. The smallest absolute Gasteiger partial charge is 0.231 e. The third-order valence-corrected chi connectivity index (χ3v) is 6.88. The van der Waals surface area contributed by atoms with Crippen molar-refractivity contribution in [3.63, 3.8) is 0 Å². The molecule has 2 heterocycles. The molecule has 1 atom stereocenters. The Kier molecular flexibility index (Phi) is 7.92. The van der Waals surface area contributed by atoms with Crippen LogP contribution in [-0.2, 0) is 27.2 Å². The highest BCUT2D eigenvalue weighted by Gasteiger charge is 2.35. The highest BCUT2D eigenvalue weighted by molar-refractivity contribution is 7.14. The molecule has 4 rings (SSSR count). The number of nitrogens with zero attached hydrogens (tertiary/aromatic N) is 2. The van der Waals surface area contributed by atoms with Crippen LogP contribution in [0.25, 0.3) is 11.3 Å². The maximum atomic E-state index is 12.9. The van der Waals surface area contributed by atoms with Crippen LogP contribution >= 0.6 is 11.3 Å². The van der Waals surface area contributed by atoms with Crippen molar-refractivity contribution in [2.24, 2.45) is 5.92 Å². The molecule has 3 aromatic rings. The third-order valence-electron chi connectivity index (χ3n) is 6.13. The van der Waals surface area contributed by atoms with Crippen molar-refractivity contribution in [1.29, 1.82) is 0 Å². The highest BCUT2D eigenvalue weighted by atomic mass is 32.1. The maximum absolute atomic E-state index is 12.9. The van der Waals surface area contributed by atoms with Crippen molar-refractivity contribution in [2.75, 3.05) is 23.3 Å². The van der Waals surface area contributed by atoms with Crippen LogP contribution in [0.15, 0.2) is 53.9 Å². The van der Waals surface area contributed by atoms with Crippen molar-refractivity contribution in [2.45, 2.75) is 39.5 Å². The van der Waals surface area contributed by atoms with Gasteiger partial charge in [-0.1, -0.05) is 43.3 Å². The molecule has 2 aromatic carbocycles. The van der Waals surface area contributed by atoms with Gasteiger partial charge in [0, 0.05) is 43.1 Å². The van der Waals surface area contributed by atoms with Gasteiger partial charge in [0.2, 0.25) is 17.7 Å². The molecule has 1 unspecified atom stereocenters. The van der Waals surface area contributed by atoms with E-state index in [2.05, 4.69) is 34.7 Å². The molecule has 35 heavy (non-hydrogen) atoms. The molecule has 1 aromatic heterocycles. The number of rotatable bonds is 9. The van der Waals surface area contributed by atoms with Crippen molar-refractivity contribution >= 4 is 39.9 Å². The molecule has 3 amide bonds. The van der Waals surface area contributed by atoms with Crippen molar-refractivity contribution in [1.82, 2.24) is 10.3 Å². The summed E-state index contributed by atoms with van der Waals surface area (Å²) >= 11 is 1.38. The Bertz CT molecular complexity index is 1210. The SMILES string of the molecule is CCc1cccc(N2CC(C(=O)Nc3nc(-c4ccc(CCCNC(C)=O)cc4)cs3)CC2=O)c1. The summed E-state index contributed by atoms with van der Waals surface area (Å²) < 4.78 is 0. The Balaban J connectivity index is 1.32. The van der Waals surface area contributed by atoms with Gasteiger partial charge in [0.25, 0.3) is 0 Å². The Morgan fingerprint density at radius 3 is 2.69 bits per heavy atom. The van der Waals surface area contributed by atoms with Crippen LogP contribution in [0, 0.1) is 5.92 Å². The molecular weight excluding hydrogens is 460 g/mol. The largest absolute Gasteiger partial charge is 0.356 e. The number of aromatic nitrogens is 1. The quantitative estimate of drug-likeness (QED) is 0.434. The van der Waals surface area contributed by atoms with Crippen molar-refractivity contribution in [3.05, 3.63) is 65.0 Å². The predicted molar refractivity (Wildman–Crippen MR) is 139 cm³/mol. The number of hydrogen-bond donors (Lipinski definition) is 2. The molecule has 1 saturated heterocycles. The van der Waals surface area contributed by atoms with Crippen LogP contribution in [0.5, 0.6) is 0 Å². The average molecular weight is 491 g/mol. The highest BCUT2D eigenvalue weighted by Crippen LogP contribution is 2.29. The van der Waals surface area contributed by atoms with Crippen LogP contribution in [0.1, 0.15) is 37.8 Å².